The first-order valence-electron chi connectivity index (χ1n) is 6.91. The summed E-state index contributed by atoms with van der Waals surface area (Å²) in [5, 5.41) is 1.43. The Kier molecular flexibility index (Phi) is 3.29. The number of aryl methyl sites for hydroxylation is 2. The van der Waals surface area contributed by atoms with Crippen molar-refractivity contribution in [3.05, 3.63) is 53.5 Å². The third-order valence-electron chi connectivity index (χ3n) is 3.61. The van der Waals surface area contributed by atoms with Gasteiger partial charge in [0.2, 0.25) is 5.95 Å². The van der Waals surface area contributed by atoms with E-state index in [-0.39, 0.29) is 11.8 Å². The normalized spacial score (nSPS) is 11.0. The van der Waals surface area contributed by atoms with E-state index in [1.807, 2.05) is 38.1 Å². The van der Waals surface area contributed by atoms with Gasteiger partial charge in [-0.1, -0.05) is 31.2 Å². The van der Waals surface area contributed by atoms with E-state index >= 15 is 0 Å². The van der Waals surface area contributed by atoms with Crippen molar-refractivity contribution in [3.63, 3.8) is 0 Å². The lowest BCUT2D eigenvalue weighted by molar-refractivity contribution is 0.639. The van der Waals surface area contributed by atoms with Crippen molar-refractivity contribution in [1.82, 2.24) is 9.97 Å². The molecule has 0 radical (unpaired) electrons. The third kappa shape index (κ3) is 2.33. The maximum atomic E-state index is 14.1. The molecule has 0 spiro atoms. The highest BCUT2D eigenvalue weighted by Crippen LogP contribution is 2.33. The van der Waals surface area contributed by atoms with E-state index in [0.717, 1.165) is 34.3 Å². The number of nitrogens with zero attached hydrogens (tertiary/aromatic N) is 2. The predicted octanol–water partition coefficient (Wildman–Crippen LogP) is 3.89. The number of nitrogen functional groups attached to an aromatic ring is 1. The van der Waals surface area contributed by atoms with Crippen LogP contribution in [-0.2, 0) is 6.42 Å². The van der Waals surface area contributed by atoms with E-state index < -0.39 is 0 Å². The molecule has 21 heavy (non-hydrogen) atoms. The van der Waals surface area contributed by atoms with Crippen LogP contribution in [0, 0.1) is 12.7 Å². The van der Waals surface area contributed by atoms with Crippen LogP contribution in [0.4, 0.5) is 10.3 Å². The number of anilines is 1. The van der Waals surface area contributed by atoms with Crippen molar-refractivity contribution >= 4 is 16.7 Å². The summed E-state index contributed by atoms with van der Waals surface area (Å²) in [4.78, 5) is 8.53. The van der Waals surface area contributed by atoms with Crippen LogP contribution in [0.15, 0.2) is 36.4 Å². The minimum atomic E-state index is -0.218. The molecular formula is C17H16FN3. The Bertz CT molecular complexity index is 828. The Morgan fingerprint density at radius 1 is 1.10 bits per heavy atom. The third-order valence-corrected chi connectivity index (χ3v) is 3.61. The smallest absolute Gasteiger partial charge is 0.220 e. The monoisotopic (exact) mass is 281 g/mol. The van der Waals surface area contributed by atoms with Crippen molar-refractivity contribution in [1.29, 1.82) is 0 Å². The summed E-state index contributed by atoms with van der Waals surface area (Å²) >= 11 is 0. The molecule has 3 aromatic rings. The number of fused-ring (bicyclic) bond motifs is 1. The second-order valence-electron chi connectivity index (χ2n) is 5.05. The second-order valence-corrected chi connectivity index (χ2v) is 5.05. The molecule has 1 aromatic heterocycles. The maximum absolute atomic E-state index is 14.1. The van der Waals surface area contributed by atoms with Gasteiger partial charge >= 0.3 is 0 Å². The summed E-state index contributed by atoms with van der Waals surface area (Å²) in [6.45, 7) is 3.90. The molecule has 0 saturated heterocycles. The van der Waals surface area contributed by atoms with E-state index in [0.29, 0.717) is 5.39 Å². The highest BCUT2D eigenvalue weighted by atomic mass is 19.1. The van der Waals surface area contributed by atoms with Crippen molar-refractivity contribution in [3.8, 4) is 11.3 Å². The van der Waals surface area contributed by atoms with E-state index in [2.05, 4.69) is 9.97 Å². The van der Waals surface area contributed by atoms with Crippen LogP contribution in [0.25, 0.3) is 22.0 Å². The number of rotatable bonds is 2. The maximum Gasteiger partial charge on any atom is 0.220 e. The van der Waals surface area contributed by atoms with Gasteiger partial charge in [0.15, 0.2) is 0 Å². The van der Waals surface area contributed by atoms with Gasteiger partial charge in [-0.2, -0.15) is 0 Å². The van der Waals surface area contributed by atoms with Crippen LogP contribution in [-0.4, -0.2) is 9.97 Å². The first-order chi connectivity index (χ1) is 10.1. The van der Waals surface area contributed by atoms with Gasteiger partial charge in [-0.3, -0.25) is 0 Å². The molecule has 0 fully saturated rings. The Balaban J connectivity index is 2.37. The molecule has 2 N–H and O–H groups in total. The summed E-state index contributed by atoms with van der Waals surface area (Å²) in [6, 6.07) is 10.9. The molecule has 4 heteroatoms. The van der Waals surface area contributed by atoms with Crippen molar-refractivity contribution in [2.45, 2.75) is 20.3 Å². The molecule has 0 saturated carbocycles. The highest BCUT2D eigenvalue weighted by molar-refractivity contribution is 5.97. The molecule has 2 aromatic carbocycles. The van der Waals surface area contributed by atoms with E-state index in [1.165, 1.54) is 0 Å². The molecule has 1 heterocycles. The molecule has 0 bridgehead atoms. The first-order valence-corrected chi connectivity index (χ1v) is 6.91. The van der Waals surface area contributed by atoms with Gasteiger partial charge < -0.3 is 5.73 Å². The molecule has 3 nitrogen and oxygen atoms in total. The Hall–Kier alpha value is -2.49. The number of nitrogens with two attached hydrogens (primary N) is 1. The lowest BCUT2D eigenvalue weighted by Gasteiger charge is -2.12. The number of halogens is 1. The number of aromatic nitrogens is 2. The minimum Gasteiger partial charge on any atom is -0.368 e. The van der Waals surface area contributed by atoms with Gasteiger partial charge in [0.05, 0.1) is 5.69 Å². The fourth-order valence-corrected chi connectivity index (χ4v) is 2.63. The Morgan fingerprint density at radius 2 is 1.81 bits per heavy atom. The van der Waals surface area contributed by atoms with E-state index in [4.69, 9.17) is 5.73 Å². The summed E-state index contributed by atoms with van der Waals surface area (Å²) in [7, 11) is 0. The average Bonchev–Trinajstić information content (AvgIpc) is 2.46. The average molecular weight is 281 g/mol. The first kappa shape index (κ1) is 13.5. The molecule has 0 aliphatic carbocycles. The zero-order valence-electron chi connectivity index (χ0n) is 12.0. The van der Waals surface area contributed by atoms with Crippen molar-refractivity contribution in [2.75, 3.05) is 5.73 Å². The topological polar surface area (TPSA) is 51.8 Å². The van der Waals surface area contributed by atoms with Gasteiger partial charge in [0.1, 0.15) is 5.82 Å². The summed E-state index contributed by atoms with van der Waals surface area (Å²) in [6.07, 6.45) is 0.776. The second kappa shape index (κ2) is 5.13. The highest BCUT2D eigenvalue weighted by Gasteiger charge is 2.13. The van der Waals surface area contributed by atoms with Crippen molar-refractivity contribution in [2.24, 2.45) is 0 Å². The van der Waals surface area contributed by atoms with Crippen molar-refractivity contribution < 1.29 is 4.39 Å². The molecule has 0 unspecified atom stereocenters. The molecule has 3 rings (SSSR count). The molecule has 0 aliphatic rings. The predicted molar refractivity (Wildman–Crippen MR) is 83.5 cm³/mol. The SMILES string of the molecule is CCc1cc(-c2c(C)cc(F)c3ccccc23)nc(N)n1. The van der Waals surface area contributed by atoms with Gasteiger partial charge in [0.25, 0.3) is 0 Å². The van der Waals surface area contributed by atoms with Crippen LogP contribution < -0.4 is 5.73 Å². The molecule has 0 amide bonds. The van der Waals surface area contributed by atoms with Crippen LogP contribution in [0.1, 0.15) is 18.2 Å². The molecule has 106 valence electrons. The van der Waals surface area contributed by atoms with E-state index in [1.54, 1.807) is 12.1 Å². The van der Waals surface area contributed by atoms with Gasteiger partial charge in [-0.05, 0) is 36.4 Å². The van der Waals surface area contributed by atoms with Crippen LogP contribution in [0.5, 0.6) is 0 Å². The number of benzene rings is 2. The number of hydrogen-bond donors (Lipinski definition) is 1. The van der Waals surface area contributed by atoms with Gasteiger partial charge in [-0.15, -0.1) is 0 Å². The summed E-state index contributed by atoms with van der Waals surface area (Å²) in [5.41, 5.74) is 9.18. The fraction of sp³-hybridized carbons (Fsp3) is 0.176. The van der Waals surface area contributed by atoms with Crippen LogP contribution in [0.2, 0.25) is 0 Å². The largest absolute Gasteiger partial charge is 0.368 e. The lowest BCUT2D eigenvalue weighted by atomic mass is 9.96. The zero-order chi connectivity index (χ0) is 15.0. The molecular weight excluding hydrogens is 265 g/mol. The minimum absolute atomic E-state index is 0.218. The van der Waals surface area contributed by atoms with Crippen LogP contribution in [0.3, 0.4) is 0 Å². The summed E-state index contributed by atoms with van der Waals surface area (Å²) in [5.74, 6) is 0.0294. The molecule has 0 atom stereocenters. The molecule has 0 aliphatic heterocycles. The quantitative estimate of drug-likeness (QED) is 0.775. The number of hydrogen-bond acceptors (Lipinski definition) is 3. The zero-order valence-corrected chi connectivity index (χ0v) is 12.0. The lowest BCUT2D eigenvalue weighted by Crippen LogP contribution is -2.01. The van der Waals surface area contributed by atoms with Crippen LogP contribution >= 0.6 is 0 Å². The summed E-state index contributed by atoms with van der Waals surface area (Å²) < 4.78 is 14.1. The Morgan fingerprint density at radius 3 is 2.52 bits per heavy atom. The van der Waals surface area contributed by atoms with Gasteiger partial charge in [0, 0.05) is 16.6 Å². The van der Waals surface area contributed by atoms with Gasteiger partial charge in [-0.25, -0.2) is 14.4 Å². The standard InChI is InChI=1S/C17H16FN3/c1-3-11-9-15(21-17(19)20-11)16-10(2)8-14(18)12-6-4-5-7-13(12)16/h4-9H,3H2,1-2H3,(H2,19,20,21). The Labute approximate surface area is 122 Å². The fourth-order valence-electron chi connectivity index (χ4n) is 2.63. The van der Waals surface area contributed by atoms with E-state index in [9.17, 15) is 4.39 Å².